The fraction of sp³-hybridized carbons (Fsp3) is 0.375. The number of carbonyl (C=O) groups is 1. The zero-order chi connectivity index (χ0) is 14.8. The van der Waals surface area contributed by atoms with Gasteiger partial charge in [-0.3, -0.25) is 9.78 Å². The van der Waals surface area contributed by atoms with Gasteiger partial charge in [-0.25, -0.2) is 0 Å². The number of carbonyl (C=O) groups excluding carboxylic acids is 1. The van der Waals surface area contributed by atoms with E-state index in [0.717, 1.165) is 40.4 Å². The molecule has 0 saturated carbocycles. The SMILES string of the molecule is CC1CCCNC1C(=O)Nc1cccc2cc(Br)cnc12. The fourth-order valence-electron chi connectivity index (χ4n) is 2.85. The standard InChI is InChI=1S/C16H18BrN3O/c1-10-4-3-7-18-14(10)16(21)20-13-6-2-5-11-8-12(17)9-19-15(11)13/h2,5-6,8-10,14,18H,3-4,7H2,1H3,(H,20,21). The summed E-state index contributed by atoms with van der Waals surface area (Å²) >= 11 is 3.42. The first-order valence-corrected chi connectivity index (χ1v) is 8.03. The number of pyridine rings is 1. The van der Waals surface area contributed by atoms with Gasteiger partial charge in [0.25, 0.3) is 0 Å². The van der Waals surface area contributed by atoms with Crippen LogP contribution in [0.15, 0.2) is 34.9 Å². The molecule has 5 heteroatoms. The van der Waals surface area contributed by atoms with E-state index in [2.05, 4.69) is 38.5 Å². The molecule has 1 aromatic carbocycles. The van der Waals surface area contributed by atoms with Crippen molar-refractivity contribution in [2.45, 2.75) is 25.8 Å². The van der Waals surface area contributed by atoms with Crippen molar-refractivity contribution in [3.63, 3.8) is 0 Å². The fourth-order valence-corrected chi connectivity index (χ4v) is 3.19. The summed E-state index contributed by atoms with van der Waals surface area (Å²) in [6.07, 6.45) is 3.97. The molecule has 0 radical (unpaired) electrons. The molecule has 21 heavy (non-hydrogen) atoms. The number of aromatic nitrogens is 1. The third kappa shape index (κ3) is 3.09. The molecule has 3 rings (SSSR count). The van der Waals surface area contributed by atoms with Crippen molar-refractivity contribution in [3.05, 3.63) is 34.9 Å². The lowest BCUT2D eigenvalue weighted by Gasteiger charge is -2.29. The molecule has 1 aliphatic heterocycles. The van der Waals surface area contributed by atoms with Crippen molar-refractivity contribution in [2.24, 2.45) is 5.92 Å². The number of amides is 1. The number of piperidine rings is 1. The summed E-state index contributed by atoms with van der Waals surface area (Å²) in [6.45, 7) is 3.03. The smallest absolute Gasteiger partial charge is 0.241 e. The summed E-state index contributed by atoms with van der Waals surface area (Å²) in [5, 5.41) is 7.34. The van der Waals surface area contributed by atoms with Crippen LogP contribution in [0.3, 0.4) is 0 Å². The van der Waals surface area contributed by atoms with Crippen LogP contribution in [0.4, 0.5) is 5.69 Å². The van der Waals surface area contributed by atoms with Crippen molar-refractivity contribution in [1.82, 2.24) is 10.3 Å². The van der Waals surface area contributed by atoms with Crippen LogP contribution >= 0.6 is 15.9 Å². The van der Waals surface area contributed by atoms with Crippen molar-refractivity contribution in [3.8, 4) is 0 Å². The molecular weight excluding hydrogens is 330 g/mol. The molecule has 1 aliphatic rings. The van der Waals surface area contributed by atoms with Crippen LogP contribution in [0.5, 0.6) is 0 Å². The molecular formula is C16H18BrN3O. The van der Waals surface area contributed by atoms with E-state index in [-0.39, 0.29) is 11.9 Å². The highest BCUT2D eigenvalue weighted by atomic mass is 79.9. The number of hydrogen-bond donors (Lipinski definition) is 2. The van der Waals surface area contributed by atoms with E-state index in [0.29, 0.717) is 5.92 Å². The molecule has 2 unspecified atom stereocenters. The second-order valence-electron chi connectivity index (χ2n) is 5.57. The Balaban J connectivity index is 1.86. The minimum atomic E-state index is -0.121. The number of benzene rings is 1. The van der Waals surface area contributed by atoms with Gasteiger partial charge in [0.15, 0.2) is 0 Å². The third-order valence-corrected chi connectivity index (χ3v) is 4.42. The lowest BCUT2D eigenvalue weighted by atomic mass is 9.92. The maximum Gasteiger partial charge on any atom is 0.241 e. The van der Waals surface area contributed by atoms with Crippen molar-refractivity contribution in [2.75, 3.05) is 11.9 Å². The molecule has 0 aliphatic carbocycles. The van der Waals surface area contributed by atoms with E-state index >= 15 is 0 Å². The van der Waals surface area contributed by atoms with Crippen LogP contribution in [-0.2, 0) is 4.79 Å². The normalized spacial score (nSPS) is 22.2. The first-order valence-electron chi connectivity index (χ1n) is 7.23. The maximum absolute atomic E-state index is 12.5. The molecule has 2 aromatic rings. The van der Waals surface area contributed by atoms with E-state index in [1.807, 2.05) is 24.3 Å². The van der Waals surface area contributed by atoms with E-state index in [1.165, 1.54) is 0 Å². The average Bonchev–Trinajstić information content (AvgIpc) is 2.47. The number of nitrogens with one attached hydrogen (secondary N) is 2. The molecule has 2 N–H and O–H groups in total. The summed E-state index contributed by atoms with van der Waals surface area (Å²) in [5.41, 5.74) is 1.59. The number of anilines is 1. The van der Waals surface area contributed by atoms with E-state index < -0.39 is 0 Å². The first-order chi connectivity index (χ1) is 10.1. The third-order valence-electron chi connectivity index (χ3n) is 3.99. The first kappa shape index (κ1) is 14.5. The van der Waals surface area contributed by atoms with Gasteiger partial charge in [0, 0.05) is 16.1 Å². The lowest BCUT2D eigenvalue weighted by Crippen LogP contribution is -2.48. The van der Waals surface area contributed by atoms with Crippen LogP contribution < -0.4 is 10.6 Å². The average molecular weight is 348 g/mol. The van der Waals surface area contributed by atoms with Gasteiger partial charge in [-0.2, -0.15) is 0 Å². The van der Waals surface area contributed by atoms with Gasteiger partial charge in [-0.05, 0) is 53.4 Å². The van der Waals surface area contributed by atoms with Gasteiger partial charge in [0.2, 0.25) is 5.91 Å². The van der Waals surface area contributed by atoms with Crippen LogP contribution in [0, 0.1) is 5.92 Å². The number of fused-ring (bicyclic) bond motifs is 1. The Bertz CT molecular complexity index is 674. The summed E-state index contributed by atoms with van der Waals surface area (Å²) < 4.78 is 0.932. The lowest BCUT2D eigenvalue weighted by molar-refractivity contribution is -0.119. The van der Waals surface area contributed by atoms with Crippen LogP contribution in [0.1, 0.15) is 19.8 Å². The Morgan fingerprint density at radius 3 is 3.14 bits per heavy atom. The van der Waals surface area contributed by atoms with Crippen LogP contribution in [0.2, 0.25) is 0 Å². The van der Waals surface area contributed by atoms with Crippen molar-refractivity contribution in [1.29, 1.82) is 0 Å². The summed E-state index contributed by atoms with van der Waals surface area (Å²) in [4.78, 5) is 16.9. The van der Waals surface area contributed by atoms with Gasteiger partial charge in [-0.1, -0.05) is 19.1 Å². The number of hydrogen-bond acceptors (Lipinski definition) is 3. The van der Waals surface area contributed by atoms with Gasteiger partial charge < -0.3 is 10.6 Å². The molecule has 0 spiro atoms. The molecule has 1 aromatic heterocycles. The highest BCUT2D eigenvalue weighted by Gasteiger charge is 2.27. The largest absolute Gasteiger partial charge is 0.323 e. The number of halogens is 1. The quantitative estimate of drug-likeness (QED) is 0.875. The second kappa shape index (κ2) is 6.12. The van der Waals surface area contributed by atoms with Gasteiger partial charge in [0.05, 0.1) is 17.2 Å². The Morgan fingerprint density at radius 1 is 1.48 bits per heavy atom. The number of nitrogens with zero attached hydrogens (tertiary/aromatic N) is 1. The molecule has 2 atom stereocenters. The molecule has 1 fully saturated rings. The summed E-state index contributed by atoms with van der Waals surface area (Å²) in [6, 6.07) is 7.70. The molecule has 0 bridgehead atoms. The zero-order valence-corrected chi connectivity index (χ0v) is 13.5. The second-order valence-corrected chi connectivity index (χ2v) is 6.49. The minimum Gasteiger partial charge on any atom is -0.323 e. The topological polar surface area (TPSA) is 54.0 Å². The van der Waals surface area contributed by atoms with Crippen LogP contribution in [0.25, 0.3) is 10.9 Å². The highest BCUT2D eigenvalue weighted by Crippen LogP contribution is 2.25. The zero-order valence-electron chi connectivity index (χ0n) is 11.9. The highest BCUT2D eigenvalue weighted by molar-refractivity contribution is 9.10. The Labute approximate surface area is 132 Å². The van der Waals surface area contributed by atoms with E-state index in [9.17, 15) is 4.79 Å². The number of para-hydroxylation sites is 1. The predicted molar refractivity (Wildman–Crippen MR) is 88.3 cm³/mol. The molecule has 4 nitrogen and oxygen atoms in total. The van der Waals surface area contributed by atoms with Crippen LogP contribution in [-0.4, -0.2) is 23.5 Å². The van der Waals surface area contributed by atoms with Gasteiger partial charge >= 0.3 is 0 Å². The Morgan fingerprint density at radius 2 is 2.33 bits per heavy atom. The molecule has 1 amide bonds. The van der Waals surface area contributed by atoms with Gasteiger partial charge in [0.1, 0.15) is 0 Å². The summed E-state index contributed by atoms with van der Waals surface area (Å²) in [7, 11) is 0. The maximum atomic E-state index is 12.5. The Kier molecular flexibility index (Phi) is 4.22. The van der Waals surface area contributed by atoms with E-state index in [1.54, 1.807) is 6.20 Å². The van der Waals surface area contributed by atoms with Gasteiger partial charge in [-0.15, -0.1) is 0 Å². The monoisotopic (exact) mass is 347 g/mol. The molecule has 2 heterocycles. The van der Waals surface area contributed by atoms with Crippen molar-refractivity contribution < 1.29 is 4.79 Å². The predicted octanol–water partition coefficient (Wildman–Crippen LogP) is 3.32. The molecule has 110 valence electrons. The summed E-state index contributed by atoms with van der Waals surface area (Å²) in [5.74, 6) is 0.384. The number of rotatable bonds is 2. The molecule has 1 saturated heterocycles. The Hall–Kier alpha value is -1.46. The minimum absolute atomic E-state index is 0.0272. The van der Waals surface area contributed by atoms with E-state index in [4.69, 9.17) is 0 Å². The van der Waals surface area contributed by atoms with Crippen molar-refractivity contribution >= 4 is 38.4 Å².